The number of piperazine rings is 1. The molecule has 0 radical (unpaired) electrons. The van der Waals surface area contributed by atoms with E-state index in [0.717, 1.165) is 17.0 Å². The van der Waals surface area contributed by atoms with Crippen LogP contribution in [0.2, 0.25) is 0 Å². The van der Waals surface area contributed by atoms with Gasteiger partial charge in [0, 0.05) is 30.2 Å². The van der Waals surface area contributed by atoms with Crippen molar-refractivity contribution in [3.63, 3.8) is 0 Å². The Labute approximate surface area is 195 Å². The van der Waals surface area contributed by atoms with Crippen molar-refractivity contribution in [1.29, 1.82) is 0 Å². The highest BCUT2D eigenvalue weighted by Gasteiger charge is 2.34. The van der Waals surface area contributed by atoms with Gasteiger partial charge < -0.3 is 15.5 Å². The predicted octanol–water partition coefficient (Wildman–Crippen LogP) is 1.50. The van der Waals surface area contributed by atoms with Gasteiger partial charge in [-0.25, -0.2) is 4.98 Å². The third kappa shape index (κ3) is 5.14. The van der Waals surface area contributed by atoms with Gasteiger partial charge in [0.2, 0.25) is 17.7 Å². The van der Waals surface area contributed by atoms with Gasteiger partial charge >= 0.3 is 0 Å². The minimum Gasteiger partial charge on any atom is -0.353 e. The average Bonchev–Trinajstić information content (AvgIpc) is 3.16. The molecule has 1 saturated heterocycles. The summed E-state index contributed by atoms with van der Waals surface area (Å²) in [5.74, 6) is -0.351. The monoisotopic (exact) mass is 467 g/mol. The first-order valence-electron chi connectivity index (χ1n) is 10.6. The van der Waals surface area contributed by atoms with E-state index in [9.17, 15) is 14.4 Å². The van der Waals surface area contributed by atoms with Crippen molar-refractivity contribution in [2.45, 2.75) is 38.4 Å². The predicted molar refractivity (Wildman–Crippen MR) is 124 cm³/mol. The van der Waals surface area contributed by atoms with Crippen LogP contribution < -0.4 is 10.6 Å². The standard InChI is InChI=1S/C22H25N7O3S/c1-13-5-4-6-16(9-13)25-18(30)11-17-20(32)23-7-8-28(17)19(31)12-33-22-27-26-21-24-14(2)10-15(3)29(21)22/h4-6,9-10,17H,7-8,11-12H2,1-3H3,(H,23,32)(H,25,30)/t17-/m0/s1. The number of aryl methyl sites for hydroxylation is 3. The van der Waals surface area contributed by atoms with Crippen LogP contribution >= 0.6 is 11.8 Å². The van der Waals surface area contributed by atoms with E-state index in [1.165, 1.54) is 16.7 Å². The smallest absolute Gasteiger partial charge is 0.256 e. The molecule has 2 N–H and O–H groups in total. The molecule has 2 aromatic heterocycles. The van der Waals surface area contributed by atoms with E-state index in [1.54, 1.807) is 10.5 Å². The van der Waals surface area contributed by atoms with E-state index in [1.807, 2.05) is 45.0 Å². The minimum absolute atomic E-state index is 0.0669. The summed E-state index contributed by atoms with van der Waals surface area (Å²) < 4.78 is 1.79. The van der Waals surface area contributed by atoms with Gasteiger partial charge in [-0.15, -0.1) is 10.2 Å². The molecule has 33 heavy (non-hydrogen) atoms. The van der Waals surface area contributed by atoms with Crippen molar-refractivity contribution in [1.82, 2.24) is 29.8 Å². The van der Waals surface area contributed by atoms with E-state index in [4.69, 9.17) is 0 Å². The van der Waals surface area contributed by atoms with E-state index in [2.05, 4.69) is 25.8 Å². The number of hydrogen-bond donors (Lipinski definition) is 2. The number of rotatable bonds is 6. The van der Waals surface area contributed by atoms with Crippen molar-refractivity contribution in [2.24, 2.45) is 0 Å². The summed E-state index contributed by atoms with van der Waals surface area (Å²) in [5, 5.41) is 14.3. The summed E-state index contributed by atoms with van der Waals surface area (Å²) in [4.78, 5) is 44.0. The van der Waals surface area contributed by atoms with E-state index in [0.29, 0.717) is 29.7 Å². The molecule has 1 aromatic carbocycles. The lowest BCUT2D eigenvalue weighted by Crippen LogP contribution is -2.58. The number of thioether (sulfide) groups is 1. The third-order valence-electron chi connectivity index (χ3n) is 5.32. The Kier molecular flexibility index (Phi) is 6.59. The molecule has 11 heteroatoms. The molecule has 0 bridgehead atoms. The largest absolute Gasteiger partial charge is 0.353 e. The normalized spacial score (nSPS) is 16.0. The van der Waals surface area contributed by atoms with Crippen LogP contribution in [0, 0.1) is 20.8 Å². The zero-order valence-corrected chi connectivity index (χ0v) is 19.5. The van der Waals surface area contributed by atoms with Gasteiger partial charge in [0.05, 0.1) is 12.2 Å². The number of fused-ring (bicyclic) bond motifs is 1. The molecule has 0 saturated carbocycles. The van der Waals surface area contributed by atoms with Crippen LogP contribution in [0.15, 0.2) is 35.5 Å². The lowest BCUT2D eigenvalue weighted by molar-refractivity contribution is -0.142. The Balaban J connectivity index is 1.43. The van der Waals surface area contributed by atoms with Crippen LogP contribution in [0.25, 0.3) is 5.78 Å². The quantitative estimate of drug-likeness (QED) is 0.527. The molecule has 1 aliphatic heterocycles. The Morgan fingerprint density at radius 2 is 2.03 bits per heavy atom. The number of amides is 3. The van der Waals surface area contributed by atoms with Gasteiger partial charge in [-0.1, -0.05) is 23.9 Å². The van der Waals surface area contributed by atoms with Crippen LogP contribution in [-0.2, 0) is 14.4 Å². The molecule has 10 nitrogen and oxygen atoms in total. The number of hydrogen-bond acceptors (Lipinski definition) is 7. The van der Waals surface area contributed by atoms with Crippen molar-refractivity contribution < 1.29 is 14.4 Å². The molecular formula is C22H25N7O3S. The maximum absolute atomic E-state index is 13.0. The van der Waals surface area contributed by atoms with Crippen molar-refractivity contribution in [3.05, 3.63) is 47.3 Å². The maximum atomic E-state index is 13.0. The zero-order valence-electron chi connectivity index (χ0n) is 18.7. The van der Waals surface area contributed by atoms with Crippen LogP contribution in [0.1, 0.15) is 23.4 Å². The number of nitrogens with one attached hydrogen (secondary N) is 2. The number of carbonyl (C=O) groups is 3. The molecule has 0 aliphatic carbocycles. The topological polar surface area (TPSA) is 122 Å². The molecule has 0 unspecified atom stereocenters. The van der Waals surface area contributed by atoms with Gasteiger partial charge in [-0.05, 0) is 44.5 Å². The zero-order chi connectivity index (χ0) is 23.5. The van der Waals surface area contributed by atoms with Crippen LogP contribution in [0.3, 0.4) is 0 Å². The maximum Gasteiger partial charge on any atom is 0.256 e. The van der Waals surface area contributed by atoms with Gasteiger partial charge in [-0.2, -0.15) is 0 Å². The van der Waals surface area contributed by atoms with E-state index >= 15 is 0 Å². The van der Waals surface area contributed by atoms with E-state index in [-0.39, 0.29) is 29.9 Å². The van der Waals surface area contributed by atoms with Gasteiger partial charge in [0.1, 0.15) is 6.04 Å². The number of benzene rings is 1. The summed E-state index contributed by atoms with van der Waals surface area (Å²) in [5.41, 5.74) is 3.42. The molecule has 4 rings (SSSR count). The first-order valence-corrected chi connectivity index (χ1v) is 11.6. The lowest BCUT2D eigenvalue weighted by atomic mass is 10.1. The summed E-state index contributed by atoms with van der Waals surface area (Å²) in [6.07, 6.45) is -0.119. The summed E-state index contributed by atoms with van der Waals surface area (Å²) in [7, 11) is 0. The Morgan fingerprint density at radius 3 is 2.82 bits per heavy atom. The molecule has 1 atom stereocenters. The lowest BCUT2D eigenvalue weighted by Gasteiger charge is -2.34. The third-order valence-corrected chi connectivity index (χ3v) is 6.23. The summed E-state index contributed by atoms with van der Waals surface area (Å²) in [6, 6.07) is 8.46. The molecule has 1 aliphatic rings. The Morgan fingerprint density at radius 1 is 1.21 bits per heavy atom. The average molecular weight is 468 g/mol. The van der Waals surface area contributed by atoms with Crippen LogP contribution in [-0.4, -0.2) is 67.1 Å². The second-order valence-electron chi connectivity index (χ2n) is 7.96. The van der Waals surface area contributed by atoms with Gasteiger partial charge in [0.15, 0.2) is 5.16 Å². The second kappa shape index (κ2) is 9.57. The summed E-state index contributed by atoms with van der Waals surface area (Å²) in [6.45, 7) is 6.43. The Hall–Kier alpha value is -3.47. The van der Waals surface area contributed by atoms with E-state index < -0.39 is 6.04 Å². The van der Waals surface area contributed by atoms with Crippen LogP contribution in [0.4, 0.5) is 5.69 Å². The molecule has 0 spiro atoms. The molecule has 3 aromatic rings. The highest BCUT2D eigenvalue weighted by Crippen LogP contribution is 2.21. The highest BCUT2D eigenvalue weighted by molar-refractivity contribution is 7.99. The summed E-state index contributed by atoms with van der Waals surface area (Å²) >= 11 is 1.23. The number of nitrogens with zero attached hydrogens (tertiary/aromatic N) is 5. The highest BCUT2D eigenvalue weighted by atomic mass is 32.2. The molecular weight excluding hydrogens is 442 g/mol. The first kappa shape index (κ1) is 22.7. The first-order chi connectivity index (χ1) is 15.8. The Bertz CT molecular complexity index is 1230. The number of aromatic nitrogens is 4. The SMILES string of the molecule is Cc1cccc(NC(=O)C[C@H]2C(=O)NCCN2C(=O)CSc2nnc3nc(C)cc(C)n23)c1. The fourth-order valence-electron chi connectivity index (χ4n) is 3.83. The number of anilines is 1. The number of carbonyl (C=O) groups excluding carboxylic acids is 3. The van der Waals surface area contributed by atoms with Gasteiger partial charge in [-0.3, -0.25) is 18.8 Å². The molecule has 3 amide bonds. The van der Waals surface area contributed by atoms with Crippen molar-refractivity contribution >= 4 is 40.9 Å². The van der Waals surface area contributed by atoms with Crippen molar-refractivity contribution in [3.8, 4) is 0 Å². The molecule has 3 heterocycles. The second-order valence-corrected chi connectivity index (χ2v) is 8.90. The minimum atomic E-state index is -0.863. The van der Waals surface area contributed by atoms with Gasteiger partial charge in [0.25, 0.3) is 5.78 Å². The van der Waals surface area contributed by atoms with Crippen molar-refractivity contribution in [2.75, 3.05) is 24.2 Å². The van der Waals surface area contributed by atoms with Crippen LogP contribution in [0.5, 0.6) is 0 Å². The fraction of sp³-hybridized carbons (Fsp3) is 0.364. The fourth-order valence-corrected chi connectivity index (χ4v) is 4.70. The molecule has 172 valence electrons. The molecule has 1 fully saturated rings.